The van der Waals surface area contributed by atoms with Gasteiger partial charge in [-0.05, 0) is 77.0 Å². The molecule has 0 radical (unpaired) electrons. The van der Waals surface area contributed by atoms with Crippen molar-refractivity contribution in [1.82, 2.24) is 0 Å². The van der Waals surface area contributed by atoms with Crippen molar-refractivity contribution in [1.29, 1.82) is 0 Å². The quantitative estimate of drug-likeness (QED) is 0.0261. The van der Waals surface area contributed by atoms with Crippen LogP contribution in [0.5, 0.6) is 0 Å². The van der Waals surface area contributed by atoms with E-state index in [9.17, 15) is 14.4 Å². The van der Waals surface area contributed by atoms with Gasteiger partial charge in [-0.2, -0.15) is 0 Å². The molecular weight excluding hydrogens is 925 g/mol. The summed E-state index contributed by atoms with van der Waals surface area (Å²) in [6.07, 6.45) is 80.0. The Kier molecular flexibility index (Phi) is 61.7. The van der Waals surface area contributed by atoms with Crippen molar-refractivity contribution in [2.75, 3.05) is 13.2 Å². The third kappa shape index (κ3) is 62.1. The van der Waals surface area contributed by atoms with Gasteiger partial charge in [0, 0.05) is 19.3 Å². The van der Waals surface area contributed by atoms with Gasteiger partial charge in [-0.25, -0.2) is 0 Å². The third-order valence-corrected chi connectivity index (χ3v) is 14.8. The number of ether oxygens (including phenoxy) is 3. The van der Waals surface area contributed by atoms with E-state index in [4.69, 9.17) is 14.2 Å². The fourth-order valence-corrected chi connectivity index (χ4v) is 9.87. The van der Waals surface area contributed by atoms with Crippen molar-refractivity contribution in [3.8, 4) is 0 Å². The van der Waals surface area contributed by atoms with Crippen LogP contribution in [0.25, 0.3) is 0 Å². The average Bonchev–Trinajstić information content (AvgIpc) is 3.41. The summed E-state index contributed by atoms with van der Waals surface area (Å²) in [5.74, 6) is -0.886. The number of esters is 3. The molecule has 1 atom stereocenters. The maximum Gasteiger partial charge on any atom is 0.306 e. The monoisotopic (exact) mass is 1050 g/mol. The molecule has 1 unspecified atom stereocenters. The highest BCUT2D eigenvalue weighted by Crippen LogP contribution is 2.18. The van der Waals surface area contributed by atoms with E-state index >= 15 is 0 Å². The Hall–Kier alpha value is -2.63. The maximum atomic E-state index is 12.9. The first-order valence-corrected chi connectivity index (χ1v) is 33.1. The second-order valence-corrected chi connectivity index (χ2v) is 22.4. The van der Waals surface area contributed by atoms with Gasteiger partial charge in [0.2, 0.25) is 0 Å². The van der Waals surface area contributed by atoms with Gasteiger partial charge in [-0.1, -0.05) is 307 Å². The predicted octanol–water partition coefficient (Wildman–Crippen LogP) is 22.6. The lowest BCUT2D eigenvalue weighted by Crippen LogP contribution is -2.30. The van der Waals surface area contributed by atoms with Crippen molar-refractivity contribution in [3.63, 3.8) is 0 Å². The first-order chi connectivity index (χ1) is 37.0. The molecule has 0 N–H and O–H groups in total. The Morgan fingerprint density at radius 2 is 0.520 bits per heavy atom. The Morgan fingerprint density at radius 1 is 0.280 bits per heavy atom. The number of hydrogen-bond donors (Lipinski definition) is 0. The zero-order valence-electron chi connectivity index (χ0n) is 50.3. The summed E-state index contributed by atoms with van der Waals surface area (Å²) in [6.45, 7) is 6.55. The summed E-state index contributed by atoms with van der Waals surface area (Å²) in [7, 11) is 0. The summed E-state index contributed by atoms with van der Waals surface area (Å²) in [6, 6.07) is 0. The topological polar surface area (TPSA) is 78.9 Å². The molecule has 0 bridgehead atoms. The Morgan fingerprint density at radius 3 is 0.827 bits per heavy atom. The molecule has 0 amide bonds. The molecule has 0 saturated carbocycles. The molecule has 6 nitrogen and oxygen atoms in total. The van der Waals surface area contributed by atoms with E-state index in [0.717, 1.165) is 103 Å². The molecule has 0 aromatic heterocycles. The van der Waals surface area contributed by atoms with Gasteiger partial charge < -0.3 is 14.2 Å². The van der Waals surface area contributed by atoms with Crippen LogP contribution in [0.2, 0.25) is 0 Å². The smallest absolute Gasteiger partial charge is 0.306 e. The van der Waals surface area contributed by atoms with Crippen LogP contribution >= 0.6 is 0 Å². The van der Waals surface area contributed by atoms with E-state index in [2.05, 4.69) is 69.4 Å². The van der Waals surface area contributed by atoms with Gasteiger partial charge in [0.1, 0.15) is 13.2 Å². The highest BCUT2D eigenvalue weighted by atomic mass is 16.6. The predicted molar refractivity (Wildman–Crippen MR) is 325 cm³/mol. The van der Waals surface area contributed by atoms with Crippen molar-refractivity contribution in [3.05, 3.63) is 48.6 Å². The van der Waals surface area contributed by atoms with Crippen LogP contribution in [0, 0.1) is 0 Å². The third-order valence-electron chi connectivity index (χ3n) is 14.8. The molecule has 6 heteroatoms. The Bertz CT molecular complexity index is 1300. The lowest BCUT2D eigenvalue weighted by Gasteiger charge is -2.18. The van der Waals surface area contributed by atoms with Crippen molar-refractivity contribution >= 4 is 17.9 Å². The molecular formula is C69H126O6. The van der Waals surface area contributed by atoms with Gasteiger partial charge >= 0.3 is 17.9 Å². The van der Waals surface area contributed by atoms with Gasteiger partial charge in [0.05, 0.1) is 0 Å². The average molecular weight is 1050 g/mol. The molecule has 0 aliphatic rings. The number of unbranched alkanes of at least 4 members (excludes halogenated alkanes) is 42. The van der Waals surface area contributed by atoms with E-state index in [1.165, 1.54) is 212 Å². The molecule has 0 spiro atoms. The lowest BCUT2D eigenvalue weighted by molar-refractivity contribution is -0.167. The van der Waals surface area contributed by atoms with Crippen LogP contribution < -0.4 is 0 Å². The van der Waals surface area contributed by atoms with Crippen LogP contribution in [0.4, 0.5) is 0 Å². The summed E-state index contributed by atoms with van der Waals surface area (Å²) in [5.41, 5.74) is 0. The van der Waals surface area contributed by atoms with E-state index in [1.807, 2.05) is 0 Å². The number of hydrogen-bond acceptors (Lipinski definition) is 6. The highest BCUT2D eigenvalue weighted by molar-refractivity contribution is 5.71. The van der Waals surface area contributed by atoms with Crippen LogP contribution in [-0.4, -0.2) is 37.2 Å². The molecule has 0 aromatic carbocycles. The second kappa shape index (κ2) is 63.9. The number of rotatable bonds is 61. The van der Waals surface area contributed by atoms with Crippen LogP contribution in [-0.2, 0) is 28.6 Å². The lowest BCUT2D eigenvalue weighted by atomic mass is 10.0. The molecule has 0 aromatic rings. The molecule has 438 valence electrons. The summed E-state index contributed by atoms with van der Waals surface area (Å²) >= 11 is 0. The minimum atomic E-state index is -0.784. The zero-order chi connectivity index (χ0) is 54.3. The van der Waals surface area contributed by atoms with Crippen LogP contribution in [0.1, 0.15) is 355 Å². The zero-order valence-corrected chi connectivity index (χ0v) is 50.3. The van der Waals surface area contributed by atoms with Gasteiger partial charge in [-0.15, -0.1) is 0 Å². The van der Waals surface area contributed by atoms with E-state index in [-0.39, 0.29) is 31.1 Å². The summed E-state index contributed by atoms with van der Waals surface area (Å²) in [4.78, 5) is 38.3. The maximum absolute atomic E-state index is 12.9. The first kappa shape index (κ1) is 72.4. The van der Waals surface area contributed by atoms with Crippen LogP contribution in [0.15, 0.2) is 48.6 Å². The molecule has 0 fully saturated rings. The molecule has 0 aliphatic carbocycles. The Balaban J connectivity index is 4.19. The normalized spacial score (nSPS) is 12.3. The van der Waals surface area contributed by atoms with Gasteiger partial charge in [0.15, 0.2) is 6.10 Å². The van der Waals surface area contributed by atoms with E-state index < -0.39 is 6.10 Å². The molecule has 0 heterocycles. The standard InChI is InChI=1S/C69H126O6/c1-4-7-10-13-16-19-22-25-28-29-30-31-32-33-34-35-36-37-38-39-40-42-44-47-50-53-56-59-62-68(71)74-65-66(64-73-67(70)61-58-55-52-49-46-43-27-24-21-18-15-12-9-6-3)75-69(72)63-60-57-54-51-48-45-41-26-23-20-17-14-11-8-5-2/h8,11,17,20,24,26-27,41,66H,4-7,9-10,12-16,18-19,21-23,25,28-40,42-65H2,1-3H3/b11-8-,20-17-,27-24-,41-26-. The first-order valence-electron chi connectivity index (χ1n) is 33.1. The summed E-state index contributed by atoms with van der Waals surface area (Å²) in [5, 5.41) is 0. The second-order valence-electron chi connectivity index (χ2n) is 22.4. The molecule has 75 heavy (non-hydrogen) atoms. The molecule has 0 aliphatic heterocycles. The van der Waals surface area contributed by atoms with Crippen molar-refractivity contribution in [2.24, 2.45) is 0 Å². The van der Waals surface area contributed by atoms with Crippen molar-refractivity contribution in [2.45, 2.75) is 361 Å². The van der Waals surface area contributed by atoms with Crippen LogP contribution in [0.3, 0.4) is 0 Å². The SMILES string of the molecule is CC/C=C\C/C=C\C/C=C\CCCCCCCC(=O)OC(COC(=O)CCCCCCC/C=C\CCCCCCC)COC(=O)CCCCCCCCCCCCCCCCCCCCCCCCCCCCCC. The van der Waals surface area contributed by atoms with Gasteiger partial charge in [0.25, 0.3) is 0 Å². The fraction of sp³-hybridized carbons (Fsp3) is 0.841. The van der Waals surface area contributed by atoms with Crippen molar-refractivity contribution < 1.29 is 28.6 Å². The summed E-state index contributed by atoms with van der Waals surface area (Å²) < 4.78 is 16.9. The van der Waals surface area contributed by atoms with E-state index in [1.54, 1.807) is 0 Å². The number of carbonyl (C=O) groups is 3. The van der Waals surface area contributed by atoms with E-state index in [0.29, 0.717) is 19.3 Å². The molecule has 0 saturated heterocycles. The fourth-order valence-electron chi connectivity index (χ4n) is 9.87. The van der Waals surface area contributed by atoms with Gasteiger partial charge in [-0.3, -0.25) is 14.4 Å². The Labute approximate surface area is 467 Å². The number of allylic oxidation sites excluding steroid dienone is 8. The largest absolute Gasteiger partial charge is 0.462 e. The molecule has 0 rings (SSSR count). The minimum absolute atomic E-state index is 0.0795. The number of carbonyl (C=O) groups excluding carboxylic acids is 3. The highest BCUT2D eigenvalue weighted by Gasteiger charge is 2.19. The minimum Gasteiger partial charge on any atom is -0.462 e.